The summed E-state index contributed by atoms with van der Waals surface area (Å²) in [6.45, 7) is 4.01. The number of ether oxygens (including phenoxy) is 2. The van der Waals surface area contributed by atoms with Gasteiger partial charge >= 0.3 is 5.97 Å². The molecular weight excluding hydrogens is 280 g/mol. The van der Waals surface area contributed by atoms with Crippen molar-refractivity contribution in [3.05, 3.63) is 42.5 Å². The summed E-state index contributed by atoms with van der Waals surface area (Å²) < 4.78 is 16.8. The predicted molar refractivity (Wildman–Crippen MR) is 85.1 cm³/mol. The molecule has 114 valence electrons. The monoisotopic (exact) mass is 298 g/mol. The first-order valence-electron chi connectivity index (χ1n) is 7.48. The van der Waals surface area contributed by atoms with Crippen molar-refractivity contribution in [2.24, 2.45) is 0 Å². The second-order valence-corrected chi connectivity index (χ2v) is 5.00. The van der Waals surface area contributed by atoms with Crippen LogP contribution in [0.3, 0.4) is 0 Å². The molecule has 22 heavy (non-hydrogen) atoms. The number of para-hydroxylation sites is 2. The normalized spacial score (nSPS) is 12.5. The Labute approximate surface area is 128 Å². The van der Waals surface area contributed by atoms with Gasteiger partial charge in [0.2, 0.25) is 0 Å². The number of rotatable bonds is 5. The summed E-state index contributed by atoms with van der Waals surface area (Å²) in [5.41, 5.74) is 1.46. The van der Waals surface area contributed by atoms with Crippen molar-refractivity contribution in [2.75, 3.05) is 6.61 Å². The molecule has 3 aromatic rings. The third-order valence-electron chi connectivity index (χ3n) is 3.56. The van der Waals surface area contributed by atoms with Gasteiger partial charge in [-0.3, -0.25) is 0 Å². The van der Waals surface area contributed by atoms with E-state index < -0.39 is 6.10 Å². The van der Waals surface area contributed by atoms with E-state index in [9.17, 15) is 4.79 Å². The highest BCUT2D eigenvalue weighted by Gasteiger charge is 2.21. The predicted octanol–water partition coefficient (Wildman–Crippen LogP) is 4.31. The molecule has 0 aliphatic heterocycles. The van der Waals surface area contributed by atoms with E-state index in [-0.39, 0.29) is 5.97 Å². The summed E-state index contributed by atoms with van der Waals surface area (Å²) in [6.07, 6.45) is -0.0890. The number of carbonyl (C=O) groups is 1. The summed E-state index contributed by atoms with van der Waals surface area (Å²) in [7, 11) is 0. The van der Waals surface area contributed by atoms with Crippen molar-refractivity contribution >= 4 is 27.9 Å². The van der Waals surface area contributed by atoms with Crippen LogP contribution >= 0.6 is 0 Å². The standard InChI is InChI=1S/C18H18O4/c1-3-14(18(19)20-4-2)21-16-11-7-9-13-12-8-5-6-10-15(12)22-17(13)16/h5-11,14H,3-4H2,1-2H3/t14-/m1/s1. The van der Waals surface area contributed by atoms with E-state index in [1.807, 2.05) is 49.4 Å². The maximum absolute atomic E-state index is 11.9. The molecule has 0 unspecified atom stereocenters. The molecule has 0 amide bonds. The Balaban J connectivity index is 2.01. The number of fused-ring (bicyclic) bond motifs is 3. The number of esters is 1. The third-order valence-corrected chi connectivity index (χ3v) is 3.56. The van der Waals surface area contributed by atoms with Gasteiger partial charge < -0.3 is 13.9 Å². The molecule has 0 saturated carbocycles. The van der Waals surface area contributed by atoms with E-state index in [1.165, 1.54) is 0 Å². The quantitative estimate of drug-likeness (QED) is 0.659. The lowest BCUT2D eigenvalue weighted by atomic mass is 10.1. The van der Waals surface area contributed by atoms with Gasteiger partial charge in [-0.25, -0.2) is 4.79 Å². The average molecular weight is 298 g/mol. The van der Waals surface area contributed by atoms with Crippen LogP contribution < -0.4 is 4.74 Å². The lowest BCUT2D eigenvalue weighted by Crippen LogP contribution is -2.28. The van der Waals surface area contributed by atoms with Gasteiger partial charge in [0.1, 0.15) is 5.58 Å². The van der Waals surface area contributed by atoms with Crippen molar-refractivity contribution < 1.29 is 18.7 Å². The summed E-state index contributed by atoms with van der Waals surface area (Å²) in [5, 5.41) is 2.01. The van der Waals surface area contributed by atoms with E-state index in [2.05, 4.69) is 0 Å². The van der Waals surface area contributed by atoms with Gasteiger partial charge in [0.25, 0.3) is 0 Å². The fourth-order valence-corrected chi connectivity index (χ4v) is 2.50. The first-order valence-corrected chi connectivity index (χ1v) is 7.48. The highest BCUT2D eigenvalue weighted by Crippen LogP contribution is 2.35. The maximum Gasteiger partial charge on any atom is 0.347 e. The third kappa shape index (κ3) is 2.52. The molecule has 3 rings (SSSR count). The highest BCUT2D eigenvalue weighted by atomic mass is 16.6. The molecule has 0 spiro atoms. The Bertz CT molecular complexity index is 803. The number of benzene rings is 2. The molecule has 1 aromatic heterocycles. The summed E-state index contributed by atoms with van der Waals surface area (Å²) in [5.74, 6) is 0.215. The van der Waals surface area contributed by atoms with Crippen LogP contribution in [0.1, 0.15) is 20.3 Å². The van der Waals surface area contributed by atoms with Crippen molar-refractivity contribution in [3.63, 3.8) is 0 Å². The molecule has 1 atom stereocenters. The molecule has 0 saturated heterocycles. The SMILES string of the molecule is CCOC(=O)[C@@H](CC)Oc1cccc2c1oc1ccccc12. The number of carbonyl (C=O) groups excluding carboxylic acids is 1. The van der Waals surface area contributed by atoms with Gasteiger partial charge in [-0.2, -0.15) is 0 Å². The fourth-order valence-electron chi connectivity index (χ4n) is 2.50. The highest BCUT2D eigenvalue weighted by molar-refractivity contribution is 6.06. The lowest BCUT2D eigenvalue weighted by molar-refractivity contribution is -0.151. The zero-order chi connectivity index (χ0) is 15.5. The van der Waals surface area contributed by atoms with Crippen LogP contribution in [-0.4, -0.2) is 18.7 Å². The van der Waals surface area contributed by atoms with Gasteiger partial charge in [-0.1, -0.05) is 37.3 Å². The molecule has 0 aliphatic carbocycles. The van der Waals surface area contributed by atoms with Gasteiger partial charge in [-0.05, 0) is 25.5 Å². The smallest absolute Gasteiger partial charge is 0.347 e. The first-order chi connectivity index (χ1) is 10.7. The fraction of sp³-hybridized carbons (Fsp3) is 0.278. The van der Waals surface area contributed by atoms with Gasteiger partial charge in [-0.15, -0.1) is 0 Å². The molecule has 4 heteroatoms. The first kappa shape index (κ1) is 14.4. The van der Waals surface area contributed by atoms with Gasteiger partial charge in [0, 0.05) is 10.8 Å². The number of furan rings is 1. The zero-order valence-corrected chi connectivity index (χ0v) is 12.7. The summed E-state index contributed by atoms with van der Waals surface area (Å²) in [4.78, 5) is 11.9. The second-order valence-electron chi connectivity index (χ2n) is 5.00. The lowest BCUT2D eigenvalue weighted by Gasteiger charge is -2.15. The van der Waals surface area contributed by atoms with E-state index in [0.29, 0.717) is 24.4 Å². The molecule has 0 bridgehead atoms. The Hall–Kier alpha value is -2.49. The van der Waals surface area contributed by atoms with Crippen LogP contribution in [0.4, 0.5) is 0 Å². The van der Waals surface area contributed by atoms with Crippen molar-refractivity contribution in [1.82, 2.24) is 0 Å². The topological polar surface area (TPSA) is 48.7 Å². The van der Waals surface area contributed by atoms with Crippen LogP contribution in [0.25, 0.3) is 21.9 Å². The van der Waals surface area contributed by atoms with Crippen molar-refractivity contribution in [1.29, 1.82) is 0 Å². The average Bonchev–Trinajstić information content (AvgIpc) is 2.92. The van der Waals surface area contributed by atoms with Crippen LogP contribution in [-0.2, 0) is 9.53 Å². The molecule has 0 aliphatic rings. The zero-order valence-electron chi connectivity index (χ0n) is 12.7. The van der Waals surface area contributed by atoms with E-state index >= 15 is 0 Å². The van der Waals surface area contributed by atoms with E-state index in [4.69, 9.17) is 13.9 Å². The van der Waals surface area contributed by atoms with E-state index in [1.54, 1.807) is 6.92 Å². The second kappa shape index (κ2) is 6.10. The maximum atomic E-state index is 11.9. The molecule has 1 heterocycles. The van der Waals surface area contributed by atoms with Crippen molar-refractivity contribution in [3.8, 4) is 5.75 Å². The molecule has 0 fully saturated rings. The minimum atomic E-state index is -0.626. The summed E-state index contributed by atoms with van der Waals surface area (Å²) >= 11 is 0. The number of hydrogen-bond acceptors (Lipinski definition) is 4. The number of hydrogen-bond donors (Lipinski definition) is 0. The van der Waals surface area contributed by atoms with Crippen LogP contribution in [0.2, 0.25) is 0 Å². The molecule has 4 nitrogen and oxygen atoms in total. The van der Waals surface area contributed by atoms with Gasteiger partial charge in [0.15, 0.2) is 17.4 Å². The van der Waals surface area contributed by atoms with Crippen LogP contribution in [0, 0.1) is 0 Å². The largest absolute Gasteiger partial charge is 0.475 e. The Morgan fingerprint density at radius 2 is 1.86 bits per heavy atom. The molecule has 0 radical (unpaired) electrons. The van der Waals surface area contributed by atoms with E-state index in [0.717, 1.165) is 16.4 Å². The Morgan fingerprint density at radius 3 is 2.64 bits per heavy atom. The minimum absolute atomic E-state index is 0.341. The Kier molecular flexibility index (Phi) is 4.00. The van der Waals surface area contributed by atoms with Gasteiger partial charge in [0.05, 0.1) is 6.61 Å². The Morgan fingerprint density at radius 1 is 1.09 bits per heavy atom. The van der Waals surface area contributed by atoms with Crippen LogP contribution in [0.15, 0.2) is 46.9 Å². The minimum Gasteiger partial charge on any atom is -0.475 e. The van der Waals surface area contributed by atoms with Crippen LogP contribution in [0.5, 0.6) is 5.75 Å². The molecular formula is C18H18O4. The molecule has 2 aromatic carbocycles. The summed E-state index contributed by atoms with van der Waals surface area (Å²) in [6, 6.07) is 13.5. The molecule has 0 N–H and O–H groups in total. The van der Waals surface area contributed by atoms with Crippen molar-refractivity contribution in [2.45, 2.75) is 26.4 Å².